The zero-order valence-corrected chi connectivity index (χ0v) is 14.9. The fraction of sp³-hybridized carbons (Fsp3) is 0.278. The monoisotopic (exact) mass is 355 g/mol. The summed E-state index contributed by atoms with van der Waals surface area (Å²) >= 11 is 3.29. The van der Waals surface area contributed by atoms with Crippen LogP contribution in [0, 0.1) is 6.92 Å². The van der Waals surface area contributed by atoms with Crippen molar-refractivity contribution in [3.05, 3.63) is 51.4 Å². The molecule has 122 valence electrons. The number of nitrogens with zero attached hydrogens (tertiary/aromatic N) is 3. The third-order valence-corrected chi connectivity index (χ3v) is 6.09. The van der Waals surface area contributed by atoms with E-state index in [1.165, 1.54) is 4.70 Å². The molecular formula is C18H17N3OS2. The Labute approximate surface area is 148 Å². The molecule has 4 rings (SSSR count). The number of carbonyl (C=O) groups is 1. The molecular weight excluding hydrogens is 338 g/mol. The van der Waals surface area contributed by atoms with Crippen LogP contribution < -0.4 is 0 Å². The number of hydrogen-bond acceptors (Lipinski definition) is 5. The van der Waals surface area contributed by atoms with Crippen molar-refractivity contribution >= 4 is 44.9 Å². The third kappa shape index (κ3) is 2.99. The molecule has 1 fully saturated rings. The van der Waals surface area contributed by atoms with E-state index in [9.17, 15) is 4.79 Å². The van der Waals surface area contributed by atoms with E-state index in [2.05, 4.69) is 11.1 Å². The van der Waals surface area contributed by atoms with E-state index in [0.29, 0.717) is 0 Å². The summed E-state index contributed by atoms with van der Waals surface area (Å²) in [7, 11) is 0. The third-order valence-electron chi connectivity index (χ3n) is 4.16. The highest BCUT2D eigenvalue weighted by molar-refractivity contribution is 7.18. The molecule has 1 amide bonds. The van der Waals surface area contributed by atoms with Crippen LogP contribution in [0.25, 0.3) is 16.3 Å². The molecule has 3 heterocycles. The standard InChI is InChI=1S/C18H17N3OS2/c1-12-19-13(11-23-12)8-9-17(22)21-10-4-6-15(21)18-20-14-5-2-3-7-16(14)24-18/h2-3,5,7-9,11,15H,4,6,10H2,1H3/b9-8+. The average Bonchev–Trinajstić information content (AvgIpc) is 3.30. The van der Waals surface area contributed by atoms with Gasteiger partial charge in [-0.1, -0.05) is 12.1 Å². The first-order chi connectivity index (χ1) is 11.7. The quantitative estimate of drug-likeness (QED) is 0.653. The minimum absolute atomic E-state index is 0.0439. The first-order valence-electron chi connectivity index (χ1n) is 7.97. The Hall–Kier alpha value is -2.05. The van der Waals surface area contributed by atoms with Crippen molar-refractivity contribution in [3.63, 3.8) is 0 Å². The smallest absolute Gasteiger partial charge is 0.247 e. The maximum absolute atomic E-state index is 12.6. The number of thiazole rings is 2. The van der Waals surface area contributed by atoms with Gasteiger partial charge in [-0.05, 0) is 38.0 Å². The minimum Gasteiger partial charge on any atom is -0.330 e. The van der Waals surface area contributed by atoms with Crippen molar-refractivity contribution in [3.8, 4) is 0 Å². The molecule has 24 heavy (non-hydrogen) atoms. The highest BCUT2D eigenvalue weighted by atomic mass is 32.1. The molecule has 0 saturated carbocycles. The van der Waals surface area contributed by atoms with Gasteiger partial charge in [0.1, 0.15) is 5.01 Å². The SMILES string of the molecule is Cc1nc(/C=C/C(=O)N2CCCC2c2nc3ccccc3s2)cs1. The number of carbonyl (C=O) groups excluding carboxylic acids is 1. The van der Waals surface area contributed by atoms with Gasteiger partial charge < -0.3 is 4.90 Å². The van der Waals surface area contributed by atoms with Crippen LogP contribution in [0.15, 0.2) is 35.7 Å². The first-order valence-corrected chi connectivity index (χ1v) is 9.66. The second-order valence-corrected chi connectivity index (χ2v) is 7.96. The molecule has 4 nitrogen and oxygen atoms in total. The van der Waals surface area contributed by atoms with Crippen LogP contribution in [0.3, 0.4) is 0 Å². The number of aryl methyl sites for hydroxylation is 1. The molecule has 2 aromatic heterocycles. The van der Waals surface area contributed by atoms with Gasteiger partial charge in [0, 0.05) is 18.0 Å². The zero-order valence-electron chi connectivity index (χ0n) is 13.3. The van der Waals surface area contributed by atoms with E-state index >= 15 is 0 Å². The largest absolute Gasteiger partial charge is 0.330 e. The van der Waals surface area contributed by atoms with Crippen LogP contribution in [0.1, 0.15) is 34.6 Å². The number of rotatable bonds is 3. The van der Waals surface area contributed by atoms with Crippen LogP contribution in [-0.2, 0) is 4.79 Å². The van der Waals surface area contributed by atoms with Crippen LogP contribution in [-0.4, -0.2) is 27.3 Å². The van der Waals surface area contributed by atoms with Gasteiger partial charge in [-0.3, -0.25) is 4.79 Å². The van der Waals surface area contributed by atoms with Crippen molar-refractivity contribution < 1.29 is 4.79 Å². The summed E-state index contributed by atoms with van der Waals surface area (Å²) in [6.07, 6.45) is 5.45. The van der Waals surface area contributed by atoms with Crippen LogP contribution in [0.5, 0.6) is 0 Å². The molecule has 1 aliphatic rings. The van der Waals surface area contributed by atoms with Gasteiger partial charge in [0.2, 0.25) is 5.91 Å². The summed E-state index contributed by atoms with van der Waals surface area (Å²) in [5, 5.41) is 4.02. The van der Waals surface area contributed by atoms with E-state index in [-0.39, 0.29) is 11.9 Å². The highest BCUT2D eigenvalue weighted by Gasteiger charge is 2.31. The molecule has 0 bridgehead atoms. The molecule has 1 atom stereocenters. The molecule has 0 radical (unpaired) electrons. The minimum atomic E-state index is 0.0439. The maximum Gasteiger partial charge on any atom is 0.247 e. The van der Waals surface area contributed by atoms with E-state index in [1.54, 1.807) is 34.8 Å². The summed E-state index contributed by atoms with van der Waals surface area (Å²) in [6, 6.07) is 8.24. The first kappa shape index (κ1) is 15.5. The van der Waals surface area contributed by atoms with Gasteiger partial charge in [0.05, 0.1) is 27.0 Å². The Bertz CT molecular complexity index is 879. The highest BCUT2D eigenvalue weighted by Crippen LogP contribution is 2.36. The molecule has 1 aromatic carbocycles. The van der Waals surface area contributed by atoms with Gasteiger partial charge in [-0.2, -0.15) is 0 Å². The van der Waals surface area contributed by atoms with Crippen LogP contribution in [0.4, 0.5) is 0 Å². The van der Waals surface area contributed by atoms with Crippen molar-refractivity contribution in [1.82, 2.24) is 14.9 Å². The summed E-state index contributed by atoms with van der Waals surface area (Å²) < 4.78 is 1.18. The summed E-state index contributed by atoms with van der Waals surface area (Å²) in [5.41, 5.74) is 1.87. The lowest BCUT2D eigenvalue weighted by Gasteiger charge is -2.21. The number of likely N-dealkylation sites (tertiary alicyclic amines) is 1. The van der Waals surface area contributed by atoms with Crippen LogP contribution in [0.2, 0.25) is 0 Å². The van der Waals surface area contributed by atoms with Crippen molar-refractivity contribution in [2.75, 3.05) is 6.54 Å². The average molecular weight is 355 g/mol. The molecule has 1 unspecified atom stereocenters. The Balaban J connectivity index is 1.55. The second kappa shape index (κ2) is 6.45. The molecule has 1 aliphatic heterocycles. The summed E-state index contributed by atoms with van der Waals surface area (Å²) in [5.74, 6) is 0.0439. The van der Waals surface area contributed by atoms with Gasteiger partial charge in [0.15, 0.2) is 0 Å². The zero-order chi connectivity index (χ0) is 16.5. The Kier molecular flexibility index (Phi) is 4.16. The number of benzene rings is 1. The Morgan fingerprint density at radius 2 is 2.21 bits per heavy atom. The lowest BCUT2D eigenvalue weighted by Crippen LogP contribution is -2.28. The topological polar surface area (TPSA) is 46.1 Å². The van der Waals surface area contributed by atoms with E-state index in [0.717, 1.165) is 40.6 Å². The summed E-state index contributed by atoms with van der Waals surface area (Å²) in [6.45, 7) is 2.76. The van der Waals surface area contributed by atoms with E-state index < -0.39 is 0 Å². The normalized spacial score (nSPS) is 18.0. The van der Waals surface area contributed by atoms with Gasteiger partial charge in [-0.25, -0.2) is 9.97 Å². The number of aromatic nitrogens is 2. The number of para-hydroxylation sites is 1. The molecule has 0 spiro atoms. The Morgan fingerprint density at radius 1 is 1.33 bits per heavy atom. The number of amides is 1. The molecule has 0 aliphatic carbocycles. The fourth-order valence-electron chi connectivity index (χ4n) is 3.03. The van der Waals surface area contributed by atoms with Crippen molar-refractivity contribution in [1.29, 1.82) is 0 Å². The molecule has 1 saturated heterocycles. The molecule has 3 aromatic rings. The van der Waals surface area contributed by atoms with Gasteiger partial charge in [-0.15, -0.1) is 22.7 Å². The van der Waals surface area contributed by atoms with Crippen molar-refractivity contribution in [2.45, 2.75) is 25.8 Å². The number of fused-ring (bicyclic) bond motifs is 1. The second-order valence-electron chi connectivity index (χ2n) is 5.83. The van der Waals surface area contributed by atoms with E-state index in [4.69, 9.17) is 4.98 Å². The predicted molar refractivity (Wildman–Crippen MR) is 99.2 cm³/mol. The molecule has 0 N–H and O–H groups in total. The van der Waals surface area contributed by atoms with Crippen molar-refractivity contribution in [2.24, 2.45) is 0 Å². The predicted octanol–water partition coefficient (Wildman–Crippen LogP) is 4.44. The lowest BCUT2D eigenvalue weighted by molar-refractivity contribution is -0.126. The Morgan fingerprint density at radius 3 is 3.00 bits per heavy atom. The fourth-order valence-corrected chi connectivity index (χ4v) is 4.72. The van der Waals surface area contributed by atoms with Gasteiger partial charge in [0.25, 0.3) is 0 Å². The maximum atomic E-state index is 12.6. The molecule has 6 heteroatoms. The number of hydrogen-bond donors (Lipinski definition) is 0. The van der Waals surface area contributed by atoms with Crippen LogP contribution >= 0.6 is 22.7 Å². The summed E-state index contributed by atoms with van der Waals surface area (Å²) in [4.78, 5) is 23.7. The van der Waals surface area contributed by atoms with E-state index in [1.807, 2.05) is 35.4 Å². The van der Waals surface area contributed by atoms with Gasteiger partial charge >= 0.3 is 0 Å². The lowest BCUT2D eigenvalue weighted by atomic mass is 10.2.